The first-order valence-electron chi connectivity index (χ1n) is 32.9. The van der Waals surface area contributed by atoms with Crippen LogP contribution in [0.3, 0.4) is 0 Å². The summed E-state index contributed by atoms with van der Waals surface area (Å²) in [5, 5.41) is 49.2. The first-order valence-corrected chi connectivity index (χ1v) is 32.9. The van der Waals surface area contributed by atoms with E-state index >= 15 is 0 Å². The van der Waals surface area contributed by atoms with Crippen LogP contribution in [-0.2, 0) is 0 Å². The molecule has 0 atom stereocenters. The van der Waals surface area contributed by atoms with Crippen molar-refractivity contribution in [2.75, 3.05) is 0 Å². The topological polar surface area (TPSA) is 113 Å². The normalized spacial score (nSPS) is 12.1. The van der Waals surface area contributed by atoms with E-state index in [1.54, 1.807) is 18.2 Å². The van der Waals surface area contributed by atoms with Crippen LogP contribution in [0.15, 0.2) is 235 Å². The van der Waals surface area contributed by atoms with E-state index in [0.29, 0.717) is 50.2 Å². The molecule has 0 bridgehead atoms. The zero-order valence-electron chi connectivity index (χ0n) is 54.5. The number of aromatic nitrogens is 1. The Hall–Kier alpha value is -11.8. The molecule has 0 saturated carbocycles. The third-order valence-electron chi connectivity index (χ3n) is 19.8. The summed E-state index contributed by atoms with van der Waals surface area (Å²) < 4.78 is 10.9. The Morgan fingerprint density at radius 1 is 0.337 bits per heavy atom. The van der Waals surface area contributed by atoms with Crippen LogP contribution in [-0.4, -0.2) is 4.57 Å². The second-order valence-corrected chi connectivity index (χ2v) is 26.6. The highest BCUT2D eigenvalue weighted by Gasteiger charge is 2.41. The Bertz CT molecular complexity index is 5520. The van der Waals surface area contributed by atoms with E-state index in [-0.39, 0.29) is 34.8 Å². The summed E-state index contributed by atoms with van der Waals surface area (Å²) in [6.07, 6.45) is 0. The van der Waals surface area contributed by atoms with Gasteiger partial charge in [-0.15, -0.1) is 0 Å². The largest absolute Gasteiger partial charge is 0.453 e. The second kappa shape index (κ2) is 23.7. The summed E-state index contributed by atoms with van der Waals surface area (Å²) in [6.45, 7) is 17.9. The molecule has 2 aromatic heterocycles. The van der Waals surface area contributed by atoms with Crippen molar-refractivity contribution >= 4 is 43.7 Å². The van der Waals surface area contributed by atoms with Gasteiger partial charge >= 0.3 is 0 Å². The molecule has 0 aliphatic heterocycles. The summed E-state index contributed by atoms with van der Waals surface area (Å²) in [7, 11) is 0. The maximum Gasteiger partial charge on any atom is 0.160 e. The number of hydrogen-bond acceptors (Lipinski definition) is 5. The summed E-state index contributed by atoms with van der Waals surface area (Å²) >= 11 is 0. The number of furan rings is 1. The smallest absolute Gasteiger partial charge is 0.160 e. The van der Waals surface area contributed by atoms with Crippen molar-refractivity contribution in [3.05, 3.63) is 292 Å². The lowest BCUT2D eigenvalue weighted by molar-refractivity contribution is 0.667. The SMILES string of the molecule is CC(C)c1ccc2c(c1)-c1cc(C(C)C)ccc1C2c1c(-c2ccc(C#N)cc2C#N)c(-c2ccc(C#N)cc2C#N)c(-n2c3ccc(C(C)C)cc3c3cc(C(C)C)ccc32)c2oc3c(-c4ccccc4)c(-c4ccccc4)c(-c4ccccc4)c(-c4ccccc4)c3c12. The summed E-state index contributed by atoms with van der Waals surface area (Å²) in [6, 6.07) is 91.2. The Balaban J connectivity index is 1.34. The van der Waals surface area contributed by atoms with E-state index in [1.807, 2.05) is 18.2 Å². The molecule has 0 fully saturated rings. The predicted octanol–water partition coefficient (Wildman–Crippen LogP) is 23.8. The minimum Gasteiger partial charge on any atom is -0.453 e. The molecule has 15 rings (SSSR count). The maximum absolute atomic E-state index is 12.0. The molecule has 1 aliphatic carbocycles. The quantitative estimate of drug-likeness (QED) is 0.121. The standard InChI is InChI=1S/C89H67N5O/c1-51(2)61-31-37-69-71(43-61)72-44-62(52(3)4)32-38-70(72)81(69)84-82(67-35-29-55(47-90)41-65(67)49-92)83(68-36-30-56(48-91)42-66(68)50-93)87(94-75-39-33-63(53(5)6)45-73(75)74-46-64(54(7)8)34-40-76(74)94)89-86(84)85-79(59-25-17-11-18-26-59)77(57-21-13-9-14-22-57)78(58-23-15-10-16-24-58)80(88(85)95-89)60-27-19-12-20-28-60/h9-46,51-54,81H,1-8H3. The molecule has 0 unspecified atom stereocenters. The van der Waals surface area contributed by atoms with Gasteiger partial charge in [-0.2, -0.15) is 21.0 Å². The van der Waals surface area contributed by atoms with Crippen LogP contribution < -0.4 is 0 Å². The average molecular weight is 1220 g/mol. The molecule has 12 aromatic carbocycles. The fourth-order valence-electron chi connectivity index (χ4n) is 15.0. The van der Waals surface area contributed by atoms with Crippen LogP contribution >= 0.6 is 0 Å². The number of nitriles is 4. The first kappa shape index (κ1) is 59.5. The lowest BCUT2D eigenvalue weighted by Crippen LogP contribution is -2.10. The van der Waals surface area contributed by atoms with Gasteiger partial charge in [0.05, 0.1) is 63.3 Å². The van der Waals surface area contributed by atoms with E-state index in [4.69, 9.17) is 4.42 Å². The van der Waals surface area contributed by atoms with Gasteiger partial charge in [-0.1, -0.05) is 237 Å². The molecule has 0 saturated heterocycles. The van der Waals surface area contributed by atoms with Crippen molar-refractivity contribution in [3.8, 4) is 108 Å². The van der Waals surface area contributed by atoms with Crippen molar-refractivity contribution in [2.45, 2.75) is 85.0 Å². The molecule has 454 valence electrons. The van der Waals surface area contributed by atoms with Gasteiger partial charge in [-0.3, -0.25) is 0 Å². The molecule has 6 nitrogen and oxygen atoms in total. The second-order valence-electron chi connectivity index (χ2n) is 26.6. The molecular formula is C89H67N5O. The molecule has 0 N–H and O–H groups in total. The summed E-state index contributed by atoms with van der Waals surface area (Å²) in [4.78, 5) is 0. The molecule has 1 aliphatic rings. The van der Waals surface area contributed by atoms with E-state index < -0.39 is 5.92 Å². The van der Waals surface area contributed by atoms with Crippen LogP contribution in [0.1, 0.15) is 146 Å². The van der Waals surface area contributed by atoms with Crippen LogP contribution in [0.25, 0.3) is 127 Å². The highest BCUT2D eigenvalue weighted by molar-refractivity contribution is 6.29. The van der Waals surface area contributed by atoms with Gasteiger partial charge in [-0.05, 0) is 156 Å². The van der Waals surface area contributed by atoms with E-state index in [1.165, 1.54) is 22.3 Å². The van der Waals surface area contributed by atoms with Gasteiger partial charge in [0.25, 0.3) is 0 Å². The van der Waals surface area contributed by atoms with Gasteiger partial charge < -0.3 is 8.98 Å². The fraction of sp³-hybridized carbons (Fsp3) is 0.146. The lowest BCUT2D eigenvalue weighted by atomic mass is 9.74. The molecule has 95 heavy (non-hydrogen) atoms. The predicted molar refractivity (Wildman–Crippen MR) is 389 cm³/mol. The third-order valence-corrected chi connectivity index (χ3v) is 19.8. The number of benzene rings is 12. The van der Waals surface area contributed by atoms with E-state index in [9.17, 15) is 21.0 Å². The number of hydrogen-bond donors (Lipinski definition) is 0. The minimum absolute atomic E-state index is 0.211. The van der Waals surface area contributed by atoms with Crippen molar-refractivity contribution in [1.82, 2.24) is 4.57 Å². The van der Waals surface area contributed by atoms with Crippen LogP contribution in [0.4, 0.5) is 0 Å². The molecule has 0 amide bonds. The summed E-state index contributed by atoms with van der Waals surface area (Å²) in [5.74, 6) is 0.322. The Kier molecular flexibility index (Phi) is 14.8. The van der Waals surface area contributed by atoms with E-state index in [2.05, 4.69) is 278 Å². The number of nitrogens with zero attached hydrogens (tertiary/aromatic N) is 5. The molecule has 2 heterocycles. The Morgan fingerprint density at radius 3 is 1.15 bits per heavy atom. The van der Waals surface area contributed by atoms with Crippen LogP contribution in [0, 0.1) is 45.3 Å². The first-order chi connectivity index (χ1) is 46.3. The molecule has 14 aromatic rings. The highest BCUT2D eigenvalue weighted by atomic mass is 16.3. The van der Waals surface area contributed by atoms with Crippen molar-refractivity contribution < 1.29 is 4.42 Å². The van der Waals surface area contributed by atoms with Crippen molar-refractivity contribution in [1.29, 1.82) is 21.0 Å². The average Bonchev–Trinajstić information content (AvgIpc) is 1.55. The fourth-order valence-corrected chi connectivity index (χ4v) is 15.0. The molecule has 6 heteroatoms. The van der Waals surface area contributed by atoms with Crippen LogP contribution in [0.5, 0.6) is 0 Å². The zero-order valence-corrected chi connectivity index (χ0v) is 54.5. The van der Waals surface area contributed by atoms with Gasteiger partial charge in [0, 0.05) is 60.8 Å². The lowest BCUT2D eigenvalue weighted by Gasteiger charge is -2.28. The monoisotopic (exact) mass is 1220 g/mol. The van der Waals surface area contributed by atoms with E-state index in [0.717, 1.165) is 105 Å². The van der Waals surface area contributed by atoms with Gasteiger partial charge in [0.15, 0.2) is 5.58 Å². The van der Waals surface area contributed by atoms with Crippen molar-refractivity contribution in [2.24, 2.45) is 0 Å². The zero-order chi connectivity index (χ0) is 65.5. The highest BCUT2D eigenvalue weighted by Crippen LogP contribution is 2.62. The Morgan fingerprint density at radius 2 is 0.726 bits per heavy atom. The molecule has 0 spiro atoms. The maximum atomic E-state index is 12.0. The number of rotatable bonds is 12. The molecule has 0 radical (unpaired) electrons. The molecular weight excluding hydrogens is 1160 g/mol. The van der Waals surface area contributed by atoms with Crippen LogP contribution in [0.2, 0.25) is 0 Å². The van der Waals surface area contributed by atoms with Gasteiger partial charge in [0.1, 0.15) is 5.58 Å². The summed E-state index contributed by atoms with van der Waals surface area (Å²) in [5.41, 5.74) is 25.3. The third kappa shape index (κ3) is 9.64. The van der Waals surface area contributed by atoms with Gasteiger partial charge in [0.2, 0.25) is 0 Å². The number of fused-ring (bicyclic) bond motifs is 9. The van der Waals surface area contributed by atoms with Crippen molar-refractivity contribution in [3.63, 3.8) is 0 Å². The Labute approximate surface area is 555 Å². The minimum atomic E-state index is -0.544. The van der Waals surface area contributed by atoms with Gasteiger partial charge in [-0.25, -0.2) is 0 Å².